The van der Waals surface area contributed by atoms with E-state index in [-0.39, 0.29) is 12.1 Å². The Labute approximate surface area is 169 Å². The third kappa shape index (κ3) is 3.93. The topological polar surface area (TPSA) is 55.3 Å². The molecule has 1 amide bonds. The fourth-order valence-electron chi connectivity index (χ4n) is 2.83. The highest BCUT2D eigenvalue weighted by Gasteiger charge is 2.25. The van der Waals surface area contributed by atoms with E-state index in [0.29, 0.717) is 28.2 Å². The van der Waals surface area contributed by atoms with Gasteiger partial charge in [-0.05, 0) is 36.4 Å². The van der Waals surface area contributed by atoms with Gasteiger partial charge in [-0.25, -0.2) is 13.8 Å². The van der Waals surface area contributed by atoms with Gasteiger partial charge in [0.05, 0.1) is 35.1 Å². The first kappa shape index (κ1) is 18.9. The van der Waals surface area contributed by atoms with E-state index in [1.807, 2.05) is 6.07 Å². The summed E-state index contributed by atoms with van der Waals surface area (Å²) in [5.74, 6) is -1.66. The molecule has 0 aliphatic rings. The standard InChI is InChI=1S/C21H15F2N3O2S/c1-28-15-6-8-19-18(11-15)25-21(29-19)26(12-14-4-2-3-9-24-14)20(27)16-7-5-13(22)10-17(16)23/h2-11H,12H2,1H3. The highest BCUT2D eigenvalue weighted by Crippen LogP contribution is 2.33. The van der Waals surface area contributed by atoms with Crippen LogP contribution in [0.4, 0.5) is 13.9 Å². The fourth-order valence-corrected chi connectivity index (χ4v) is 3.77. The lowest BCUT2D eigenvalue weighted by Gasteiger charge is -2.20. The van der Waals surface area contributed by atoms with Gasteiger partial charge in [0.15, 0.2) is 5.13 Å². The smallest absolute Gasteiger partial charge is 0.263 e. The lowest BCUT2D eigenvalue weighted by molar-refractivity contribution is 0.0981. The average molecular weight is 411 g/mol. The van der Waals surface area contributed by atoms with Crippen LogP contribution in [-0.4, -0.2) is 23.0 Å². The van der Waals surface area contributed by atoms with E-state index in [9.17, 15) is 13.6 Å². The van der Waals surface area contributed by atoms with Crippen LogP contribution in [0.15, 0.2) is 60.8 Å². The third-order valence-corrected chi connectivity index (χ3v) is 5.33. The average Bonchev–Trinajstić information content (AvgIpc) is 3.15. The molecule has 2 heterocycles. The highest BCUT2D eigenvalue weighted by atomic mass is 32.1. The molecule has 0 saturated heterocycles. The van der Waals surface area contributed by atoms with Crippen LogP contribution in [0.25, 0.3) is 10.2 Å². The van der Waals surface area contributed by atoms with Gasteiger partial charge in [0.2, 0.25) is 0 Å². The van der Waals surface area contributed by atoms with Crippen molar-refractivity contribution in [1.82, 2.24) is 9.97 Å². The SMILES string of the molecule is COc1ccc2sc(N(Cc3ccccn3)C(=O)c3ccc(F)cc3F)nc2c1. The van der Waals surface area contributed by atoms with Crippen LogP contribution >= 0.6 is 11.3 Å². The molecule has 29 heavy (non-hydrogen) atoms. The molecule has 8 heteroatoms. The summed E-state index contributed by atoms with van der Waals surface area (Å²) in [6.07, 6.45) is 1.61. The molecule has 4 rings (SSSR count). The Kier molecular flexibility index (Phi) is 5.18. The number of carbonyl (C=O) groups excluding carboxylic acids is 1. The number of ether oxygens (including phenoxy) is 1. The van der Waals surface area contributed by atoms with Crippen molar-refractivity contribution < 1.29 is 18.3 Å². The third-order valence-electron chi connectivity index (χ3n) is 4.27. The summed E-state index contributed by atoms with van der Waals surface area (Å²) >= 11 is 1.29. The lowest BCUT2D eigenvalue weighted by Crippen LogP contribution is -2.31. The van der Waals surface area contributed by atoms with E-state index in [1.165, 1.54) is 16.2 Å². The monoisotopic (exact) mass is 411 g/mol. The molecule has 0 saturated carbocycles. The first-order chi connectivity index (χ1) is 14.0. The summed E-state index contributed by atoms with van der Waals surface area (Å²) < 4.78 is 33.6. The van der Waals surface area contributed by atoms with Crippen LogP contribution in [0.1, 0.15) is 16.1 Å². The van der Waals surface area contributed by atoms with Crippen molar-refractivity contribution in [1.29, 1.82) is 0 Å². The van der Waals surface area contributed by atoms with Gasteiger partial charge in [0.1, 0.15) is 17.4 Å². The van der Waals surface area contributed by atoms with Gasteiger partial charge in [-0.1, -0.05) is 17.4 Å². The van der Waals surface area contributed by atoms with Gasteiger partial charge in [0, 0.05) is 18.3 Å². The maximum atomic E-state index is 14.3. The van der Waals surface area contributed by atoms with Gasteiger partial charge in [-0.15, -0.1) is 0 Å². The normalized spacial score (nSPS) is 10.9. The Morgan fingerprint density at radius 2 is 2.00 bits per heavy atom. The lowest BCUT2D eigenvalue weighted by atomic mass is 10.1. The van der Waals surface area contributed by atoms with Crippen LogP contribution in [0.2, 0.25) is 0 Å². The Hall–Kier alpha value is -3.39. The first-order valence-electron chi connectivity index (χ1n) is 8.66. The van der Waals surface area contributed by atoms with Crippen molar-refractivity contribution in [2.24, 2.45) is 0 Å². The molecule has 0 unspecified atom stereocenters. The van der Waals surface area contributed by atoms with Crippen molar-refractivity contribution in [3.8, 4) is 5.75 Å². The van der Waals surface area contributed by atoms with Crippen molar-refractivity contribution in [3.05, 3.63) is 83.7 Å². The van der Waals surface area contributed by atoms with E-state index in [0.717, 1.165) is 16.8 Å². The largest absolute Gasteiger partial charge is 0.497 e. The number of methoxy groups -OCH3 is 1. The van der Waals surface area contributed by atoms with Crippen molar-refractivity contribution in [2.75, 3.05) is 12.0 Å². The Bertz CT molecular complexity index is 1180. The molecule has 0 aliphatic heterocycles. The number of hydrogen-bond acceptors (Lipinski definition) is 5. The minimum Gasteiger partial charge on any atom is -0.497 e. The van der Waals surface area contributed by atoms with Crippen LogP contribution < -0.4 is 9.64 Å². The summed E-state index contributed by atoms with van der Waals surface area (Å²) in [7, 11) is 1.56. The number of fused-ring (bicyclic) bond motifs is 1. The molecule has 0 aliphatic carbocycles. The first-order valence-corrected chi connectivity index (χ1v) is 9.48. The number of carbonyl (C=O) groups is 1. The minimum absolute atomic E-state index is 0.0907. The summed E-state index contributed by atoms with van der Waals surface area (Å²) in [4.78, 5) is 23.3. The van der Waals surface area contributed by atoms with Gasteiger partial charge in [-0.3, -0.25) is 14.7 Å². The molecule has 0 N–H and O–H groups in total. The van der Waals surface area contributed by atoms with Crippen molar-refractivity contribution in [2.45, 2.75) is 6.54 Å². The maximum absolute atomic E-state index is 14.3. The van der Waals surface area contributed by atoms with E-state index in [2.05, 4.69) is 9.97 Å². The zero-order valence-electron chi connectivity index (χ0n) is 15.3. The number of benzene rings is 2. The molecule has 0 bridgehead atoms. The van der Waals surface area contributed by atoms with E-state index in [1.54, 1.807) is 43.6 Å². The molecule has 0 spiro atoms. The number of amides is 1. The summed E-state index contributed by atoms with van der Waals surface area (Å²) in [6.45, 7) is 0.0907. The number of aromatic nitrogens is 2. The minimum atomic E-state index is -0.927. The van der Waals surface area contributed by atoms with Crippen LogP contribution in [-0.2, 0) is 6.54 Å². The number of halogens is 2. The number of anilines is 1. The Balaban J connectivity index is 1.78. The molecule has 2 aromatic carbocycles. The number of thiazole rings is 1. The number of hydrogen-bond donors (Lipinski definition) is 0. The molecule has 2 aromatic heterocycles. The molecular formula is C21H15F2N3O2S. The quantitative estimate of drug-likeness (QED) is 0.472. The second-order valence-corrected chi connectivity index (χ2v) is 7.18. The zero-order chi connectivity index (χ0) is 20.4. The number of pyridine rings is 1. The van der Waals surface area contributed by atoms with Crippen LogP contribution in [0, 0.1) is 11.6 Å². The number of nitrogens with zero attached hydrogens (tertiary/aromatic N) is 3. The fraction of sp³-hybridized carbons (Fsp3) is 0.0952. The van der Waals surface area contributed by atoms with Crippen molar-refractivity contribution >= 4 is 32.6 Å². The molecule has 0 atom stereocenters. The van der Waals surface area contributed by atoms with Crippen molar-refractivity contribution in [3.63, 3.8) is 0 Å². The van der Waals surface area contributed by atoms with E-state index >= 15 is 0 Å². The molecule has 5 nitrogen and oxygen atoms in total. The van der Waals surface area contributed by atoms with Crippen LogP contribution in [0.5, 0.6) is 5.75 Å². The van der Waals surface area contributed by atoms with E-state index < -0.39 is 17.5 Å². The highest BCUT2D eigenvalue weighted by molar-refractivity contribution is 7.22. The Morgan fingerprint density at radius 3 is 2.72 bits per heavy atom. The molecule has 4 aromatic rings. The second kappa shape index (κ2) is 7.92. The van der Waals surface area contributed by atoms with Gasteiger partial charge in [0.25, 0.3) is 5.91 Å². The van der Waals surface area contributed by atoms with Gasteiger partial charge < -0.3 is 4.74 Å². The van der Waals surface area contributed by atoms with Gasteiger partial charge in [-0.2, -0.15) is 0 Å². The summed E-state index contributed by atoms with van der Waals surface area (Å²) in [6, 6.07) is 13.6. The maximum Gasteiger partial charge on any atom is 0.263 e. The van der Waals surface area contributed by atoms with Crippen LogP contribution in [0.3, 0.4) is 0 Å². The predicted molar refractivity (Wildman–Crippen MR) is 107 cm³/mol. The molecular weight excluding hydrogens is 396 g/mol. The Morgan fingerprint density at radius 1 is 1.14 bits per heavy atom. The molecule has 0 radical (unpaired) electrons. The summed E-state index contributed by atoms with van der Waals surface area (Å²) in [5, 5.41) is 0.382. The molecule has 0 fully saturated rings. The second-order valence-electron chi connectivity index (χ2n) is 6.17. The van der Waals surface area contributed by atoms with E-state index in [4.69, 9.17) is 4.74 Å². The molecule has 146 valence electrons. The summed E-state index contributed by atoms with van der Waals surface area (Å²) in [5.41, 5.74) is 1.03. The predicted octanol–water partition coefficient (Wildman–Crippen LogP) is 4.83. The zero-order valence-corrected chi connectivity index (χ0v) is 16.1. The number of rotatable bonds is 5. The van der Waals surface area contributed by atoms with Gasteiger partial charge >= 0.3 is 0 Å².